The Morgan fingerprint density at radius 1 is 1.00 bits per heavy atom. The third-order valence-corrected chi connectivity index (χ3v) is 4.93. The minimum absolute atomic E-state index is 0.00246. The van der Waals surface area contributed by atoms with Crippen molar-refractivity contribution in [1.82, 2.24) is 9.80 Å². The summed E-state index contributed by atoms with van der Waals surface area (Å²) in [5.74, 6) is 0.617. The van der Waals surface area contributed by atoms with Crippen LogP contribution < -0.4 is 4.74 Å². The van der Waals surface area contributed by atoms with E-state index < -0.39 is 0 Å². The predicted octanol–water partition coefficient (Wildman–Crippen LogP) is 2.71. The van der Waals surface area contributed by atoms with Crippen molar-refractivity contribution >= 4 is 11.8 Å². The van der Waals surface area contributed by atoms with Crippen molar-refractivity contribution in [1.29, 1.82) is 0 Å². The number of phenols is 1. The molecule has 1 fully saturated rings. The maximum absolute atomic E-state index is 12.6. The lowest BCUT2D eigenvalue weighted by atomic mass is 10.1. The molecule has 0 bridgehead atoms. The molecular formula is C22H26N2O4. The number of benzene rings is 2. The van der Waals surface area contributed by atoms with E-state index in [1.807, 2.05) is 24.3 Å². The van der Waals surface area contributed by atoms with E-state index in [2.05, 4.69) is 6.92 Å². The Morgan fingerprint density at radius 3 is 2.54 bits per heavy atom. The van der Waals surface area contributed by atoms with Gasteiger partial charge in [-0.05, 0) is 42.7 Å². The van der Waals surface area contributed by atoms with Crippen LogP contribution in [0.15, 0.2) is 48.5 Å². The molecule has 1 aliphatic rings. The summed E-state index contributed by atoms with van der Waals surface area (Å²) in [6, 6.07) is 14.1. The molecule has 1 heterocycles. The smallest absolute Gasteiger partial charge is 0.260 e. The second kappa shape index (κ2) is 9.26. The van der Waals surface area contributed by atoms with Crippen LogP contribution in [0.2, 0.25) is 0 Å². The van der Waals surface area contributed by atoms with Crippen LogP contribution >= 0.6 is 0 Å². The van der Waals surface area contributed by atoms with Gasteiger partial charge in [-0.25, -0.2) is 0 Å². The average molecular weight is 382 g/mol. The first kappa shape index (κ1) is 19.7. The number of ether oxygens (including phenoxy) is 1. The molecule has 0 radical (unpaired) electrons. The molecule has 0 atom stereocenters. The monoisotopic (exact) mass is 382 g/mol. The minimum Gasteiger partial charge on any atom is -0.508 e. The first-order valence-electron chi connectivity index (χ1n) is 9.65. The van der Waals surface area contributed by atoms with E-state index >= 15 is 0 Å². The highest BCUT2D eigenvalue weighted by atomic mass is 16.5. The fraction of sp³-hybridized carbons (Fsp3) is 0.364. The zero-order valence-corrected chi connectivity index (χ0v) is 16.1. The molecule has 0 spiro atoms. The molecule has 148 valence electrons. The van der Waals surface area contributed by atoms with Gasteiger partial charge in [-0.3, -0.25) is 9.59 Å². The lowest BCUT2D eigenvalue weighted by Gasteiger charge is -2.22. The maximum atomic E-state index is 12.6. The number of phenolic OH excluding ortho intramolecular Hbond substituents is 1. The number of carbonyl (C=O) groups is 2. The van der Waals surface area contributed by atoms with Crippen LogP contribution in [-0.2, 0) is 11.2 Å². The van der Waals surface area contributed by atoms with Gasteiger partial charge in [-0.1, -0.05) is 31.2 Å². The van der Waals surface area contributed by atoms with Crippen molar-refractivity contribution in [3.63, 3.8) is 0 Å². The molecule has 0 unspecified atom stereocenters. The number of rotatable bonds is 5. The third kappa shape index (κ3) is 4.82. The minimum atomic E-state index is -0.127. The van der Waals surface area contributed by atoms with Crippen LogP contribution in [0, 0.1) is 0 Å². The van der Waals surface area contributed by atoms with Gasteiger partial charge in [0.2, 0.25) is 0 Å². The Bertz CT molecular complexity index is 837. The van der Waals surface area contributed by atoms with Crippen molar-refractivity contribution in [2.24, 2.45) is 0 Å². The van der Waals surface area contributed by atoms with Gasteiger partial charge in [0, 0.05) is 31.7 Å². The zero-order valence-electron chi connectivity index (χ0n) is 16.1. The van der Waals surface area contributed by atoms with Gasteiger partial charge in [0.05, 0.1) is 0 Å². The van der Waals surface area contributed by atoms with Gasteiger partial charge in [0.1, 0.15) is 11.5 Å². The van der Waals surface area contributed by atoms with Gasteiger partial charge in [0.15, 0.2) is 6.61 Å². The van der Waals surface area contributed by atoms with Crippen LogP contribution in [-0.4, -0.2) is 59.5 Å². The van der Waals surface area contributed by atoms with Crippen molar-refractivity contribution < 1.29 is 19.4 Å². The summed E-state index contributed by atoms with van der Waals surface area (Å²) in [5.41, 5.74) is 1.54. The highest BCUT2D eigenvalue weighted by molar-refractivity contribution is 5.94. The molecule has 6 heteroatoms. The zero-order chi connectivity index (χ0) is 19.9. The van der Waals surface area contributed by atoms with Crippen molar-refractivity contribution in [3.05, 3.63) is 59.7 Å². The van der Waals surface area contributed by atoms with Crippen LogP contribution in [0.3, 0.4) is 0 Å². The Balaban J connectivity index is 1.55. The van der Waals surface area contributed by atoms with Crippen LogP contribution in [0.5, 0.6) is 11.5 Å². The van der Waals surface area contributed by atoms with E-state index in [9.17, 15) is 14.7 Å². The Morgan fingerprint density at radius 2 is 1.75 bits per heavy atom. The summed E-state index contributed by atoms with van der Waals surface area (Å²) in [6.07, 6.45) is 1.56. The van der Waals surface area contributed by atoms with Crippen molar-refractivity contribution in [3.8, 4) is 11.5 Å². The second-order valence-corrected chi connectivity index (χ2v) is 6.83. The van der Waals surface area contributed by atoms with E-state index in [4.69, 9.17) is 4.74 Å². The summed E-state index contributed by atoms with van der Waals surface area (Å²) in [4.78, 5) is 28.7. The topological polar surface area (TPSA) is 70.1 Å². The van der Waals surface area contributed by atoms with E-state index in [1.165, 1.54) is 12.1 Å². The molecular weight excluding hydrogens is 356 g/mol. The number of carbonyl (C=O) groups excluding carboxylic acids is 2. The van der Waals surface area contributed by atoms with Crippen LogP contribution in [0.1, 0.15) is 29.3 Å². The number of para-hydroxylation sites is 1. The molecule has 1 N–H and O–H groups in total. The molecule has 2 aromatic rings. The molecule has 2 aromatic carbocycles. The fourth-order valence-electron chi connectivity index (χ4n) is 3.36. The highest BCUT2D eigenvalue weighted by Crippen LogP contribution is 2.19. The quantitative estimate of drug-likeness (QED) is 0.863. The first-order chi connectivity index (χ1) is 13.6. The molecule has 0 saturated carbocycles. The Hall–Kier alpha value is -3.02. The second-order valence-electron chi connectivity index (χ2n) is 6.83. The number of aryl methyl sites for hydroxylation is 1. The normalized spacial score (nSPS) is 14.5. The standard InChI is InChI=1S/C22H26N2O4/c1-2-17-7-3-4-10-20(17)28-16-21(26)23-11-6-12-24(14-13-23)22(27)18-8-5-9-19(25)15-18/h3-5,7-10,15,25H,2,6,11-14,16H2,1H3. The summed E-state index contributed by atoms with van der Waals surface area (Å²) >= 11 is 0. The predicted molar refractivity (Wildman–Crippen MR) is 107 cm³/mol. The number of amides is 2. The Labute approximate surface area is 165 Å². The summed E-state index contributed by atoms with van der Waals surface area (Å²) < 4.78 is 5.74. The maximum Gasteiger partial charge on any atom is 0.260 e. The average Bonchev–Trinajstić information content (AvgIpc) is 2.98. The van der Waals surface area contributed by atoms with Crippen molar-refractivity contribution in [2.45, 2.75) is 19.8 Å². The number of nitrogens with zero attached hydrogens (tertiary/aromatic N) is 2. The molecule has 28 heavy (non-hydrogen) atoms. The van der Waals surface area contributed by atoms with Crippen molar-refractivity contribution in [2.75, 3.05) is 32.8 Å². The van der Waals surface area contributed by atoms with E-state index in [0.717, 1.165) is 17.7 Å². The van der Waals surface area contributed by atoms with Gasteiger partial charge in [0.25, 0.3) is 11.8 Å². The van der Waals surface area contributed by atoms with Crippen LogP contribution in [0.4, 0.5) is 0 Å². The number of hydrogen-bond acceptors (Lipinski definition) is 4. The lowest BCUT2D eigenvalue weighted by Crippen LogP contribution is -2.39. The molecule has 2 amide bonds. The molecule has 3 rings (SSSR count). The van der Waals surface area contributed by atoms with E-state index in [0.29, 0.717) is 38.2 Å². The van der Waals surface area contributed by atoms with Gasteiger partial charge >= 0.3 is 0 Å². The molecule has 0 aromatic heterocycles. The molecule has 6 nitrogen and oxygen atoms in total. The molecule has 0 aliphatic carbocycles. The number of hydrogen-bond donors (Lipinski definition) is 1. The Kier molecular flexibility index (Phi) is 6.53. The molecule has 1 aliphatic heterocycles. The lowest BCUT2D eigenvalue weighted by molar-refractivity contribution is -0.133. The first-order valence-corrected chi connectivity index (χ1v) is 9.65. The fourth-order valence-corrected chi connectivity index (χ4v) is 3.36. The van der Waals surface area contributed by atoms with E-state index in [1.54, 1.807) is 21.9 Å². The van der Waals surface area contributed by atoms with Gasteiger partial charge < -0.3 is 19.6 Å². The number of aromatic hydroxyl groups is 1. The summed E-state index contributed by atoms with van der Waals surface area (Å²) in [5, 5.41) is 9.58. The van der Waals surface area contributed by atoms with Crippen LogP contribution in [0.25, 0.3) is 0 Å². The van der Waals surface area contributed by atoms with Gasteiger partial charge in [-0.15, -0.1) is 0 Å². The molecule has 1 saturated heterocycles. The highest BCUT2D eigenvalue weighted by Gasteiger charge is 2.23. The van der Waals surface area contributed by atoms with E-state index in [-0.39, 0.29) is 24.2 Å². The SMILES string of the molecule is CCc1ccccc1OCC(=O)N1CCCN(C(=O)c2cccc(O)c2)CC1. The third-order valence-electron chi connectivity index (χ3n) is 4.93. The summed E-state index contributed by atoms with van der Waals surface area (Å²) in [7, 11) is 0. The summed E-state index contributed by atoms with van der Waals surface area (Å²) in [6.45, 7) is 4.17. The largest absolute Gasteiger partial charge is 0.508 e. The van der Waals surface area contributed by atoms with Gasteiger partial charge in [-0.2, -0.15) is 0 Å².